The van der Waals surface area contributed by atoms with Crippen LogP contribution in [0.5, 0.6) is 5.75 Å². The number of nitrogens with zero attached hydrogens (tertiary/aromatic N) is 2. The molecule has 6 aromatic rings. The second-order valence-electron chi connectivity index (χ2n) is 17.4. The highest BCUT2D eigenvalue weighted by atomic mass is 16.5. The van der Waals surface area contributed by atoms with Crippen molar-refractivity contribution in [1.82, 2.24) is 25.4 Å². The molecule has 3 heterocycles. The van der Waals surface area contributed by atoms with Gasteiger partial charge in [-0.05, 0) is 115 Å². The molecule has 2 aliphatic heterocycles. The second kappa shape index (κ2) is 21.6. The number of hydrogen-bond acceptors (Lipinski definition) is 10. The number of pyridine rings is 1. The van der Waals surface area contributed by atoms with Gasteiger partial charge < -0.3 is 40.6 Å². The number of aromatic nitrogens is 1. The number of aromatic amines is 1. The molecule has 346 valence electrons. The second-order valence-corrected chi connectivity index (χ2v) is 17.4. The van der Waals surface area contributed by atoms with Crippen LogP contribution in [0.15, 0.2) is 144 Å². The van der Waals surface area contributed by atoms with Gasteiger partial charge in [0.05, 0.1) is 24.8 Å². The quantitative estimate of drug-likeness (QED) is 0.0481. The first kappa shape index (κ1) is 46.6. The van der Waals surface area contributed by atoms with Crippen LogP contribution in [-0.4, -0.2) is 100 Å². The fourth-order valence-electron chi connectivity index (χ4n) is 8.96. The van der Waals surface area contributed by atoms with Crippen molar-refractivity contribution in [1.29, 1.82) is 0 Å². The van der Waals surface area contributed by atoms with Gasteiger partial charge in [-0.1, -0.05) is 103 Å². The number of piperidine rings is 1. The highest BCUT2D eigenvalue weighted by Crippen LogP contribution is 2.35. The zero-order valence-electron chi connectivity index (χ0n) is 37.4. The molecule has 0 saturated carbocycles. The normalized spacial score (nSPS) is 15.9. The number of aliphatic hydroxyl groups excluding tert-OH is 1. The van der Waals surface area contributed by atoms with Crippen LogP contribution in [0.1, 0.15) is 69.1 Å². The fraction of sp³-hybridized carbons (Fsp3) is 0.296. The molecule has 2 aliphatic rings. The molecule has 13 nitrogen and oxygen atoms in total. The monoisotopic (exact) mass is 903 g/mol. The molecule has 1 aromatic heterocycles. The Morgan fingerprint density at radius 3 is 2.28 bits per heavy atom. The van der Waals surface area contributed by atoms with Crippen molar-refractivity contribution in [2.75, 3.05) is 52.4 Å². The number of rotatable bonds is 17. The Kier molecular flexibility index (Phi) is 15.0. The number of carbonyl (C=O) groups excluding carboxylic acids is 3. The van der Waals surface area contributed by atoms with Crippen LogP contribution >= 0.6 is 0 Å². The molecule has 0 radical (unpaired) electrons. The van der Waals surface area contributed by atoms with Gasteiger partial charge in [0.2, 0.25) is 17.1 Å². The van der Waals surface area contributed by atoms with E-state index < -0.39 is 17.7 Å². The van der Waals surface area contributed by atoms with Gasteiger partial charge >= 0.3 is 5.97 Å². The van der Waals surface area contributed by atoms with Gasteiger partial charge in [0.25, 0.3) is 5.91 Å². The number of carbonyl (C=O) groups is 3. The molecule has 1 fully saturated rings. The zero-order chi connectivity index (χ0) is 46.8. The molecule has 67 heavy (non-hydrogen) atoms. The summed E-state index contributed by atoms with van der Waals surface area (Å²) in [5, 5.41) is 39.8. The summed E-state index contributed by atoms with van der Waals surface area (Å²) >= 11 is 0. The Bertz CT molecular complexity index is 2750. The summed E-state index contributed by atoms with van der Waals surface area (Å²) in [6.07, 6.45) is 4.09. The summed E-state index contributed by atoms with van der Waals surface area (Å²) in [5.74, 6) is -1.14. The Morgan fingerprint density at radius 1 is 0.821 bits per heavy atom. The van der Waals surface area contributed by atoms with Crippen molar-refractivity contribution in [3.8, 4) is 5.75 Å². The van der Waals surface area contributed by atoms with Crippen molar-refractivity contribution >= 4 is 34.3 Å². The smallest absolute Gasteiger partial charge is 0.347 e. The highest BCUT2D eigenvalue weighted by molar-refractivity contribution is 5.96. The largest absolute Gasteiger partial charge is 0.506 e. The predicted molar refractivity (Wildman–Crippen MR) is 257 cm³/mol. The average Bonchev–Trinajstić information content (AvgIpc) is 3.37. The predicted octanol–water partition coefficient (Wildman–Crippen LogP) is 5.84. The highest BCUT2D eigenvalue weighted by Gasteiger charge is 2.42. The standard InChI is InChI=1S/C54H57N5O8/c60-47-20-18-45(46-19-21-49(62)57-51(46)47)48(61)33-55-27-22-37-14-16-41(17-15-37)52(64)56-34-50(63)59-30-25-40(26-31-59)42-10-7-13-44(32-42)54(66,43-11-5-2-6-12-43)53(65)67-36-39-23-28-58(29-24-39)35-38-8-3-1-4-9-38/h1-21,25,32,39,48,55,60-61,66H,22-24,26-31,33-36H2,(H,56,64)(H,57,62)/t48-,54-/m0/s1. The van der Waals surface area contributed by atoms with Crippen molar-refractivity contribution in [2.24, 2.45) is 5.92 Å². The molecule has 13 heteroatoms. The minimum absolute atomic E-state index is 0.0660. The molecule has 0 unspecified atom stereocenters. The van der Waals surface area contributed by atoms with Crippen molar-refractivity contribution in [2.45, 2.75) is 43.9 Å². The molecule has 5 aromatic carbocycles. The molecular weight excluding hydrogens is 847 g/mol. The number of esters is 1. The number of aliphatic hydroxyl groups is 2. The van der Waals surface area contributed by atoms with E-state index in [-0.39, 0.29) is 54.3 Å². The third-order valence-electron chi connectivity index (χ3n) is 12.9. The zero-order valence-corrected chi connectivity index (χ0v) is 37.4. The van der Waals surface area contributed by atoms with Gasteiger partial charge in [-0.15, -0.1) is 0 Å². The van der Waals surface area contributed by atoms with Crippen molar-refractivity contribution < 1.29 is 34.4 Å². The number of ether oxygens (including phenoxy) is 1. The van der Waals surface area contributed by atoms with E-state index in [9.17, 15) is 34.5 Å². The summed E-state index contributed by atoms with van der Waals surface area (Å²) in [7, 11) is 0. The number of phenolic OH excluding ortho intramolecular Hbond substituents is 1. The van der Waals surface area contributed by atoms with Crippen LogP contribution in [-0.2, 0) is 32.9 Å². The Morgan fingerprint density at radius 2 is 1.55 bits per heavy atom. The van der Waals surface area contributed by atoms with E-state index in [0.29, 0.717) is 60.1 Å². The van der Waals surface area contributed by atoms with E-state index in [1.54, 1.807) is 59.5 Å². The average molecular weight is 904 g/mol. The number of hydrogen-bond donors (Lipinski definition) is 6. The van der Waals surface area contributed by atoms with Crippen molar-refractivity contribution in [3.05, 3.63) is 189 Å². The van der Waals surface area contributed by atoms with Crippen LogP contribution < -0.4 is 16.2 Å². The van der Waals surface area contributed by atoms with Crippen LogP contribution in [0.3, 0.4) is 0 Å². The maximum Gasteiger partial charge on any atom is 0.347 e. The number of amides is 2. The first-order chi connectivity index (χ1) is 32.5. The van der Waals surface area contributed by atoms with Crippen LogP contribution in [0.4, 0.5) is 0 Å². The van der Waals surface area contributed by atoms with Gasteiger partial charge in [0.15, 0.2) is 0 Å². The lowest BCUT2D eigenvalue weighted by Crippen LogP contribution is -2.42. The molecule has 8 rings (SSSR count). The molecule has 0 aliphatic carbocycles. The van der Waals surface area contributed by atoms with Gasteiger partial charge in [-0.2, -0.15) is 0 Å². The Balaban J connectivity index is 0.801. The van der Waals surface area contributed by atoms with Gasteiger partial charge in [-0.25, -0.2) is 4.79 Å². The maximum absolute atomic E-state index is 14.0. The summed E-state index contributed by atoms with van der Waals surface area (Å²) < 4.78 is 5.94. The SMILES string of the molecule is O=C(NCC(=O)N1CC=C(c2cccc([C@](O)(C(=O)OCC3CCN(Cc4ccccc4)CC3)c3ccccc3)c2)CC1)c1ccc(CCNC[C@H](O)c2ccc(O)c3[nH]c(=O)ccc23)cc1. The number of nitrogens with one attached hydrogen (secondary N) is 3. The van der Waals surface area contributed by atoms with Gasteiger partial charge in [0, 0.05) is 48.8 Å². The Labute approximate surface area is 389 Å². The fourth-order valence-corrected chi connectivity index (χ4v) is 8.96. The third-order valence-corrected chi connectivity index (χ3v) is 12.9. The van der Waals surface area contributed by atoms with Crippen LogP contribution in [0.2, 0.25) is 0 Å². The first-order valence-electron chi connectivity index (χ1n) is 22.9. The molecule has 2 atom stereocenters. The summed E-state index contributed by atoms with van der Waals surface area (Å²) in [4.78, 5) is 58.7. The number of benzene rings is 5. The third kappa shape index (κ3) is 11.4. The number of phenols is 1. The number of likely N-dealkylation sites (tertiary alicyclic amines) is 1. The number of aromatic hydroxyl groups is 1. The lowest BCUT2D eigenvalue weighted by atomic mass is 9.84. The topological polar surface area (TPSA) is 185 Å². The molecule has 1 saturated heterocycles. The molecule has 6 N–H and O–H groups in total. The van der Waals surface area contributed by atoms with E-state index in [1.807, 2.05) is 48.5 Å². The summed E-state index contributed by atoms with van der Waals surface area (Å²) in [5.41, 5.74) is 3.83. The molecule has 2 amide bonds. The van der Waals surface area contributed by atoms with Crippen LogP contribution in [0.25, 0.3) is 16.5 Å². The van der Waals surface area contributed by atoms with E-state index in [2.05, 4.69) is 44.8 Å². The van der Waals surface area contributed by atoms with Crippen molar-refractivity contribution in [3.63, 3.8) is 0 Å². The summed E-state index contributed by atoms with van der Waals surface area (Å²) in [6.45, 7) is 4.39. The molecule has 0 bridgehead atoms. The Hall–Kier alpha value is -6.90. The maximum atomic E-state index is 14.0. The number of fused-ring (bicyclic) bond motifs is 1. The molecular formula is C54H57N5O8. The van der Waals surface area contributed by atoms with E-state index in [0.717, 1.165) is 49.2 Å². The minimum atomic E-state index is -2.03. The van der Waals surface area contributed by atoms with E-state index in [4.69, 9.17) is 4.74 Å². The first-order valence-corrected chi connectivity index (χ1v) is 22.9. The lowest BCUT2D eigenvalue weighted by molar-refractivity contribution is -0.164. The minimum Gasteiger partial charge on any atom is -0.506 e. The summed E-state index contributed by atoms with van der Waals surface area (Å²) in [6, 6.07) is 39.8. The molecule has 0 spiro atoms. The van der Waals surface area contributed by atoms with E-state index >= 15 is 0 Å². The number of H-pyrrole nitrogens is 1. The lowest BCUT2D eigenvalue weighted by Gasteiger charge is -2.33. The van der Waals surface area contributed by atoms with E-state index in [1.165, 1.54) is 17.7 Å². The van der Waals surface area contributed by atoms with Gasteiger partial charge in [0.1, 0.15) is 5.75 Å². The van der Waals surface area contributed by atoms with Gasteiger partial charge in [-0.3, -0.25) is 19.3 Å². The van der Waals surface area contributed by atoms with Crippen LogP contribution in [0, 0.1) is 5.92 Å².